The van der Waals surface area contributed by atoms with Gasteiger partial charge in [0.15, 0.2) is 5.84 Å². The topological polar surface area (TPSA) is 65.1 Å². The van der Waals surface area contributed by atoms with Gasteiger partial charge in [-0.3, -0.25) is 9.80 Å². The third-order valence-electron chi connectivity index (χ3n) is 3.91. The molecule has 7 heteroatoms. The van der Waals surface area contributed by atoms with Crippen molar-refractivity contribution in [1.82, 2.24) is 9.80 Å². The molecule has 0 saturated carbocycles. The van der Waals surface area contributed by atoms with E-state index in [0.717, 1.165) is 42.8 Å². The first-order valence-corrected chi connectivity index (χ1v) is 7.68. The highest BCUT2D eigenvalue weighted by Gasteiger charge is 2.23. The summed E-state index contributed by atoms with van der Waals surface area (Å²) in [5, 5.41) is 11.8. The average molecular weight is 359 g/mol. The van der Waals surface area contributed by atoms with Gasteiger partial charge in [0.05, 0.1) is 6.04 Å². The molecule has 21 heavy (non-hydrogen) atoms. The van der Waals surface area contributed by atoms with E-state index in [2.05, 4.69) is 30.9 Å². The summed E-state index contributed by atoms with van der Waals surface area (Å²) in [6, 6.07) is 4.72. The van der Waals surface area contributed by atoms with Crippen LogP contribution in [0, 0.1) is 5.82 Å². The molecule has 1 aromatic carbocycles. The summed E-state index contributed by atoms with van der Waals surface area (Å²) in [5.74, 6) is 0.00719. The molecule has 1 aliphatic rings. The molecular formula is C14H20BrFN4O. The van der Waals surface area contributed by atoms with Gasteiger partial charge in [0, 0.05) is 37.2 Å². The number of oxime groups is 1. The van der Waals surface area contributed by atoms with Crippen LogP contribution in [0.25, 0.3) is 0 Å². The molecule has 0 aromatic heterocycles. The standard InChI is InChI=1S/C14H20BrFN4O/c1-10(14(17)18-21)20-6-4-19(5-7-20)9-11-2-3-12(16)8-13(11)15/h2-3,8,10,21H,4-7,9H2,1H3,(H2,17,18). The van der Waals surface area contributed by atoms with Gasteiger partial charge in [0.2, 0.25) is 0 Å². The highest BCUT2D eigenvalue weighted by atomic mass is 79.9. The minimum Gasteiger partial charge on any atom is -0.409 e. The molecule has 1 atom stereocenters. The van der Waals surface area contributed by atoms with Crippen molar-refractivity contribution in [3.63, 3.8) is 0 Å². The Hall–Kier alpha value is -1.18. The van der Waals surface area contributed by atoms with Gasteiger partial charge in [-0.1, -0.05) is 27.2 Å². The van der Waals surface area contributed by atoms with Gasteiger partial charge in [-0.2, -0.15) is 0 Å². The zero-order valence-corrected chi connectivity index (χ0v) is 13.6. The number of rotatable bonds is 4. The van der Waals surface area contributed by atoms with Crippen molar-refractivity contribution in [3.8, 4) is 0 Å². The fraction of sp³-hybridized carbons (Fsp3) is 0.500. The van der Waals surface area contributed by atoms with Crippen molar-refractivity contribution < 1.29 is 9.60 Å². The lowest BCUT2D eigenvalue weighted by molar-refractivity contribution is 0.116. The van der Waals surface area contributed by atoms with Crippen molar-refractivity contribution in [1.29, 1.82) is 0 Å². The summed E-state index contributed by atoms with van der Waals surface area (Å²) in [6.07, 6.45) is 0. The van der Waals surface area contributed by atoms with Crippen molar-refractivity contribution in [2.45, 2.75) is 19.5 Å². The molecule has 1 fully saturated rings. The first kappa shape index (κ1) is 16.2. The fourth-order valence-electron chi connectivity index (χ4n) is 2.47. The largest absolute Gasteiger partial charge is 0.409 e. The van der Waals surface area contributed by atoms with Gasteiger partial charge in [0.25, 0.3) is 0 Å². The van der Waals surface area contributed by atoms with E-state index in [0.29, 0.717) is 0 Å². The van der Waals surface area contributed by atoms with E-state index in [1.54, 1.807) is 0 Å². The lowest BCUT2D eigenvalue weighted by atomic mass is 10.1. The molecular weight excluding hydrogens is 339 g/mol. The summed E-state index contributed by atoms with van der Waals surface area (Å²) < 4.78 is 13.9. The molecule has 116 valence electrons. The van der Waals surface area contributed by atoms with Gasteiger partial charge in [-0.25, -0.2) is 4.39 Å². The van der Waals surface area contributed by atoms with Crippen LogP contribution in [0.4, 0.5) is 4.39 Å². The van der Waals surface area contributed by atoms with Gasteiger partial charge in [0.1, 0.15) is 5.82 Å². The molecule has 0 radical (unpaired) electrons. The number of piperazine rings is 1. The Labute approximate surface area is 132 Å². The van der Waals surface area contributed by atoms with Crippen molar-refractivity contribution >= 4 is 21.8 Å². The third kappa shape index (κ3) is 4.15. The van der Waals surface area contributed by atoms with Crippen LogP contribution in [0.2, 0.25) is 0 Å². The molecule has 0 aliphatic carbocycles. The monoisotopic (exact) mass is 358 g/mol. The summed E-state index contributed by atoms with van der Waals surface area (Å²) in [5.41, 5.74) is 6.72. The number of benzene rings is 1. The maximum atomic E-state index is 13.1. The lowest BCUT2D eigenvalue weighted by Crippen LogP contribution is -2.52. The predicted octanol–water partition coefficient (Wildman–Crippen LogP) is 1.84. The molecule has 0 amide bonds. The van der Waals surface area contributed by atoms with E-state index in [9.17, 15) is 4.39 Å². The number of nitrogens with two attached hydrogens (primary N) is 1. The fourth-order valence-corrected chi connectivity index (χ4v) is 2.95. The maximum absolute atomic E-state index is 13.1. The Balaban J connectivity index is 1.89. The third-order valence-corrected chi connectivity index (χ3v) is 4.65. The highest BCUT2D eigenvalue weighted by molar-refractivity contribution is 9.10. The van der Waals surface area contributed by atoms with E-state index in [4.69, 9.17) is 10.9 Å². The van der Waals surface area contributed by atoms with Crippen LogP contribution in [0.1, 0.15) is 12.5 Å². The smallest absolute Gasteiger partial charge is 0.156 e. The van der Waals surface area contributed by atoms with E-state index >= 15 is 0 Å². The number of hydrogen-bond donors (Lipinski definition) is 2. The lowest BCUT2D eigenvalue weighted by Gasteiger charge is -2.37. The second kappa shape index (κ2) is 7.20. The SMILES string of the molecule is CC(C(N)=NO)N1CCN(Cc2ccc(F)cc2Br)CC1. The molecule has 1 unspecified atom stereocenters. The Bertz CT molecular complexity index is 518. The predicted molar refractivity (Wildman–Crippen MR) is 83.8 cm³/mol. The zero-order valence-electron chi connectivity index (χ0n) is 12.0. The van der Waals surface area contributed by atoms with Gasteiger partial charge in [-0.05, 0) is 24.6 Å². The molecule has 0 spiro atoms. The Morgan fingerprint density at radius 2 is 2.10 bits per heavy atom. The number of amidine groups is 1. The second-order valence-electron chi connectivity index (χ2n) is 5.25. The van der Waals surface area contributed by atoms with Crippen LogP contribution in [0.3, 0.4) is 0 Å². The molecule has 1 aromatic rings. The summed E-state index contributed by atoms with van der Waals surface area (Å²) in [6.45, 7) is 6.22. The Kier molecular flexibility index (Phi) is 5.55. The Morgan fingerprint density at radius 3 is 2.67 bits per heavy atom. The summed E-state index contributed by atoms with van der Waals surface area (Å²) in [7, 11) is 0. The van der Waals surface area contributed by atoms with Gasteiger partial charge < -0.3 is 10.9 Å². The van der Waals surface area contributed by atoms with E-state index in [-0.39, 0.29) is 17.7 Å². The Morgan fingerprint density at radius 1 is 1.43 bits per heavy atom. The van der Waals surface area contributed by atoms with Crippen LogP contribution in [0.5, 0.6) is 0 Å². The average Bonchev–Trinajstić information content (AvgIpc) is 2.49. The molecule has 1 aliphatic heterocycles. The molecule has 1 heterocycles. The minimum atomic E-state index is -0.233. The van der Waals surface area contributed by atoms with Gasteiger partial charge in [-0.15, -0.1) is 0 Å². The van der Waals surface area contributed by atoms with E-state index in [1.165, 1.54) is 12.1 Å². The summed E-state index contributed by atoms with van der Waals surface area (Å²) >= 11 is 3.40. The maximum Gasteiger partial charge on any atom is 0.156 e. The van der Waals surface area contributed by atoms with E-state index < -0.39 is 0 Å². The van der Waals surface area contributed by atoms with E-state index in [1.807, 2.05) is 13.0 Å². The molecule has 2 rings (SSSR count). The summed E-state index contributed by atoms with van der Waals surface area (Å²) in [4.78, 5) is 4.50. The molecule has 5 nitrogen and oxygen atoms in total. The number of halogens is 2. The quantitative estimate of drug-likeness (QED) is 0.373. The normalized spacial score (nSPS) is 19.7. The van der Waals surface area contributed by atoms with Crippen LogP contribution in [-0.4, -0.2) is 53.1 Å². The van der Waals surface area contributed by atoms with Crippen LogP contribution >= 0.6 is 15.9 Å². The first-order chi connectivity index (χ1) is 10.0. The molecule has 0 bridgehead atoms. The molecule has 3 N–H and O–H groups in total. The van der Waals surface area contributed by atoms with Crippen LogP contribution in [0.15, 0.2) is 27.8 Å². The number of nitrogens with zero attached hydrogens (tertiary/aromatic N) is 3. The first-order valence-electron chi connectivity index (χ1n) is 6.89. The van der Waals surface area contributed by atoms with Gasteiger partial charge >= 0.3 is 0 Å². The van der Waals surface area contributed by atoms with Crippen molar-refractivity contribution in [2.75, 3.05) is 26.2 Å². The second-order valence-corrected chi connectivity index (χ2v) is 6.10. The van der Waals surface area contributed by atoms with Crippen LogP contribution < -0.4 is 5.73 Å². The zero-order chi connectivity index (χ0) is 15.4. The highest BCUT2D eigenvalue weighted by Crippen LogP contribution is 2.20. The van der Waals surface area contributed by atoms with Crippen molar-refractivity contribution in [2.24, 2.45) is 10.9 Å². The van der Waals surface area contributed by atoms with Crippen LogP contribution in [-0.2, 0) is 6.54 Å². The molecule has 1 saturated heterocycles. The minimum absolute atomic E-state index is 0.0605. The van der Waals surface area contributed by atoms with Crippen molar-refractivity contribution in [3.05, 3.63) is 34.1 Å². The number of hydrogen-bond acceptors (Lipinski definition) is 4.